The van der Waals surface area contributed by atoms with Gasteiger partial charge in [0.15, 0.2) is 0 Å². The average Bonchev–Trinajstić information content (AvgIpc) is 2.36. The minimum absolute atomic E-state index is 0.0797. The van der Waals surface area contributed by atoms with Crippen LogP contribution in [0.15, 0.2) is 0 Å². The predicted molar refractivity (Wildman–Crippen MR) is 46.6 cm³/mol. The van der Waals surface area contributed by atoms with Gasteiger partial charge in [0.05, 0.1) is 6.04 Å². The number of hydrogen-bond acceptors (Lipinski definition) is 2. The van der Waals surface area contributed by atoms with Crippen LogP contribution < -0.4 is 16.4 Å². The third-order valence-electron chi connectivity index (χ3n) is 2.17. The molecule has 3 atom stereocenters. The topological polar surface area (TPSA) is 69.2 Å². The van der Waals surface area contributed by atoms with E-state index in [0.717, 1.165) is 13.1 Å². The quantitative estimate of drug-likeness (QED) is 0.562. The second-order valence-corrected chi connectivity index (χ2v) is 3.47. The van der Waals surface area contributed by atoms with Crippen molar-refractivity contribution < 1.29 is 4.79 Å². The van der Waals surface area contributed by atoms with Crippen LogP contribution in [-0.4, -0.2) is 31.1 Å². The monoisotopic (exact) mass is 170 g/mol. The Morgan fingerprint density at radius 3 is 2.75 bits per heavy atom. The molecule has 4 heteroatoms. The number of nitrogens with one attached hydrogen (secondary N) is 1. The Hall–Kier alpha value is -0.610. The van der Waals surface area contributed by atoms with E-state index in [2.05, 4.69) is 17.6 Å². The summed E-state index contributed by atoms with van der Waals surface area (Å²) in [6.07, 6.45) is 0. The van der Waals surface area contributed by atoms with Gasteiger partial charge in [-0.05, 0) is 12.8 Å². The van der Waals surface area contributed by atoms with Crippen molar-refractivity contribution in [1.82, 2.24) is 10.6 Å². The molecule has 0 bridgehead atoms. The van der Waals surface area contributed by atoms with Crippen molar-refractivity contribution in [3.05, 3.63) is 0 Å². The van der Waals surface area contributed by atoms with Gasteiger partial charge in [0.25, 0.3) is 0 Å². The first-order valence-corrected chi connectivity index (χ1v) is 4.30. The van der Waals surface area contributed by atoms with Gasteiger partial charge in [0.2, 0.25) is 5.91 Å². The van der Waals surface area contributed by atoms with Crippen LogP contribution >= 0.6 is 0 Å². The van der Waals surface area contributed by atoms with Crippen molar-refractivity contribution in [2.75, 3.05) is 13.1 Å². The number of nitrogens with zero attached hydrogens (tertiary/aromatic N) is 1. The van der Waals surface area contributed by atoms with E-state index in [9.17, 15) is 4.79 Å². The van der Waals surface area contributed by atoms with E-state index in [4.69, 9.17) is 5.73 Å². The highest BCUT2D eigenvalue weighted by Gasteiger charge is 2.25. The highest BCUT2D eigenvalue weighted by Crippen LogP contribution is 2.08. The molecule has 1 aliphatic rings. The van der Waals surface area contributed by atoms with Gasteiger partial charge in [0, 0.05) is 19.1 Å². The minimum atomic E-state index is -0.419. The fourth-order valence-electron chi connectivity index (χ4n) is 1.23. The Kier molecular flexibility index (Phi) is 3.05. The van der Waals surface area contributed by atoms with E-state index in [1.165, 1.54) is 0 Å². The van der Waals surface area contributed by atoms with Gasteiger partial charge in [-0.15, -0.1) is 0 Å². The normalized spacial score (nSPS) is 31.6. The maximum Gasteiger partial charge on any atom is 0.236 e. The Bertz CT molecular complexity index is 170. The molecule has 0 aromatic heterocycles. The first kappa shape index (κ1) is 9.48. The van der Waals surface area contributed by atoms with Gasteiger partial charge in [-0.25, -0.2) is 5.32 Å². The molecule has 4 nitrogen and oxygen atoms in total. The maximum absolute atomic E-state index is 11.2. The molecule has 1 radical (unpaired) electrons. The molecule has 3 N–H and O–H groups in total. The van der Waals surface area contributed by atoms with E-state index < -0.39 is 6.04 Å². The molecule has 1 saturated heterocycles. The molecule has 12 heavy (non-hydrogen) atoms. The van der Waals surface area contributed by atoms with E-state index in [1.54, 1.807) is 6.92 Å². The number of carbonyl (C=O) groups is 1. The summed E-state index contributed by atoms with van der Waals surface area (Å²) in [5.41, 5.74) is 5.42. The zero-order chi connectivity index (χ0) is 9.14. The van der Waals surface area contributed by atoms with Crippen molar-refractivity contribution in [3.8, 4) is 0 Å². The zero-order valence-electron chi connectivity index (χ0n) is 7.58. The van der Waals surface area contributed by atoms with Gasteiger partial charge in [-0.3, -0.25) is 4.79 Å². The van der Waals surface area contributed by atoms with Crippen LogP contribution in [0.4, 0.5) is 0 Å². The standard InChI is InChI=1S/C8H16N3O/c1-5-3-10-4-7(5)11-8(12)6(2)9/h5-7H,3-4,9H2,1-2H3,(H,11,12). The van der Waals surface area contributed by atoms with Crippen LogP contribution in [0, 0.1) is 5.92 Å². The number of carbonyl (C=O) groups excluding carboxylic acids is 1. The summed E-state index contributed by atoms with van der Waals surface area (Å²) in [6.45, 7) is 5.36. The van der Waals surface area contributed by atoms with Crippen LogP contribution in [0.2, 0.25) is 0 Å². The van der Waals surface area contributed by atoms with E-state index >= 15 is 0 Å². The van der Waals surface area contributed by atoms with E-state index in [0.29, 0.717) is 5.92 Å². The lowest BCUT2D eigenvalue weighted by Gasteiger charge is -2.17. The third kappa shape index (κ3) is 2.19. The first-order chi connectivity index (χ1) is 5.61. The highest BCUT2D eigenvalue weighted by atomic mass is 16.2. The van der Waals surface area contributed by atoms with Crippen molar-refractivity contribution in [1.29, 1.82) is 0 Å². The van der Waals surface area contributed by atoms with Gasteiger partial charge in [-0.2, -0.15) is 0 Å². The Morgan fingerprint density at radius 2 is 2.33 bits per heavy atom. The fourth-order valence-corrected chi connectivity index (χ4v) is 1.23. The fraction of sp³-hybridized carbons (Fsp3) is 0.875. The van der Waals surface area contributed by atoms with Gasteiger partial charge < -0.3 is 11.1 Å². The van der Waals surface area contributed by atoms with Crippen LogP contribution in [0.1, 0.15) is 13.8 Å². The molecule has 0 spiro atoms. The SMILES string of the molecule is CC(N)C(=O)NC1C[N]CC1C. The Labute approximate surface area is 72.9 Å². The highest BCUT2D eigenvalue weighted by molar-refractivity contribution is 5.81. The summed E-state index contributed by atoms with van der Waals surface area (Å²) >= 11 is 0. The third-order valence-corrected chi connectivity index (χ3v) is 2.17. The van der Waals surface area contributed by atoms with Crippen LogP contribution in [-0.2, 0) is 4.79 Å². The summed E-state index contributed by atoms with van der Waals surface area (Å²) in [5, 5.41) is 7.07. The summed E-state index contributed by atoms with van der Waals surface area (Å²) in [4.78, 5) is 11.2. The van der Waals surface area contributed by atoms with E-state index in [-0.39, 0.29) is 11.9 Å². The van der Waals surface area contributed by atoms with Crippen LogP contribution in [0.25, 0.3) is 0 Å². The van der Waals surface area contributed by atoms with E-state index in [1.807, 2.05) is 0 Å². The number of amides is 1. The number of rotatable bonds is 2. The van der Waals surface area contributed by atoms with Crippen LogP contribution in [0.5, 0.6) is 0 Å². The number of nitrogens with two attached hydrogens (primary N) is 1. The average molecular weight is 170 g/mol. The van der Waals surface area contributed by atoms with Gasteiger partial charge >= 0.3 is 0 Å². The van der Waals surface area contributed by atoms with Crippen molar-refractivity contribution in [2.24, 2.45) is 11.7 Å². The summed E-state index contributed by atoms with van der Waals surface area (Å²) in [5.74, 6) is 0.372. The second-order valence-electron chi connectivity index (χ2n) is 3.47. The molecular formula is C8H16N3O. The Morgan fingerprint density at radius 1 is 1.67 bits per heavy atom. The lowest BCUT2D eigenvalue weighted by atomic mass is 10.1. The lowest BCUT2D eigenvalue weighted by molar-refractivity contribution is -0.122. The van der Waals surface area contributed by atoms with Crippen molar-refractivity contribution in [2.45, 2.75) is 25.9 Å². The molecule has 0 aromatic carbocycles. The van der Waals surface area contributed by atoms with Crippen molar-refractivity contribution in [3.63, 3.8) is 0 Å². The number of hydrogen-bond donors (Lipinski definition) is 2. The summed E-state index contributed by atoms with van der Waals surface area (Å²) < 4.78 is 0. The molecule has 0 aromatic rings. The van der Waals surface area contributed by atoms with Crippen molar-refractivity contribution >= 4 is 5.91 Å². The Balaban J connectivity index is 2.35. The zero-order valence-corrected chi connectivity index (χ0v) is 7.58. The molecule has 1 aliphatic heterocycles. The van der Waals surface area contributed by atoms with Crippen LogP contribution in [0.3, 0.4) is 0 Å². The molecule has 1 rings (SSSR count). The molecular weight excluding hydrogens is 154 g/mol. The molecule has 0 aliphatic carbocycles. The minimum Gasteiger partial charge on any atom is -0.350 e. The predicted octanol–water partition coefficient (Wildman–Crippen LogP) is -0.927. The largest absolute Gasteiger partial charge is 0.350 e. The summed E-state index contributed by atoms with van der Waals surface area (Å²) in [6, 6.07) is -0.221. The smallest absolute Gasteiger partial charge is 0.236 e. The molecule has 0 saturated carbocycles. The molecule has 69 valence electrons. The lowest BCUT2D eigenvalue weighted by Crippen LogP contribution is -2.46. The van der Waals surface area contributed by atoms with Gasteiger partial charge in [-0.1, -0.05) is 6.92 Å². The molecule has 1 heterocycles. The first-order valence-electron chi connectivity index (χ1n) is 4.30. The maximum atomic E-state index is 11.2. The molecule has 3 unspecified atom stereocenters. The van der Waals surface area contributed by atoms with Gasteiger partial charge in [0.1, 0.15) is 0 Å². The second kappa shape index (κ2) is 3.87. The summed E-state index contributed by atoms with van der Waals surface area (Å²) in [7, 11) is 0. The molecule has 1 amide bonds. The molecule has 1 fully saturated rings.